The second-order valence-electron chi connectivity index (χ2n) is 3.47. The minimum atomic E-state index is -1.27. The maximum absolute atomic E-state index is 11.6. The van der Waals surface area contributed by atoms with Gasteiger partial charge in [0.05, 0.1) is 6.26 Å². The molecule has 0 aliphatic carbocycles. The Labute approximate surface area is 101 Å². The van der Waals surface area contributed by atoms with E-state index in [0.717, 1.165) is 11.8 Å². The van der Waals surface area contributed by atoms with E-state index in [-0.39, 0.29) is 11.5 Å². The predicted molar refractivity (Wildman–Crippen MR) is 58.2 cm³/mol. The third kappa shape index (κ3) is 2.76. The molecule has 2 aromatic rings. The Balaban J connectivity index is 1.85. The number of carbonyl (C=O) groups excluding carboxylic acids is 1. The molecule has 94 valence electrons. The van der Waals surface area contributed by atoms with Gasteiger partial charge in [-0.25, -0.2) is 4.79 Å². The summed E-state index contributed by atoms with van der Waals surface area (Å²) in [6, 6.07) is 4.63. The summed E-state index contributed by atoms with van der Waals surface area (Å²) in [6.45, 7) is 0.363. The first kappa shape index (κ1) is 11.9. The molecule has 7 nitrogen and oxygen atoms in total. The first-order chi connectivity index (χ1) is 8.66. The highest BCUT2D eigenvalue weighted by Crippen LogP contribution is 2.04. The van der Waals surface area contributed by atoms with E-state index in [9.17, 15) is 9.59 Å². The molecule has 0 fully saturated rings. The third-order valence-electron chi connectivity index (χ3n) is 2.19. The molecule has 2 N–H and O–H groups in total. The minimum absolute atomic E-state index is 0.0631. The van der Waals surface area contributed by atoms with Crippen LogP contribution in [-0.4, -0.2) is 28.7 Å². The van der Waals surface area contributed by atoms with Crippen LogP contribution in [0.15, 0.2) is 33.4 Å². The molecule has 0 aromatic carbocycles. The topological polar surface area (TPSA) is 106 Å². The Morgan fingerprint density at radius 3 is 2.89 bits per heavy atom. The Morgan fingerprint density at radius 2 is 2.28 bits per heavy atom. The average molecular weight is 250 g/mol. The summed E-state index contributed by atoms with van der Waals surface area (Å²) in [5, 5.41) is 14.5. The zero-order chi connectivity index (χ0) is 13.0. The van der Waals surface area contributed by atoms with Crippen molar-refractivity contribution >= 4 is 11.9 Å². The van der Waals surface area contributed by atoms with E-state index in [1.165, 1.54) is 0 Å². The van der Waals surface area contributed by atoms with Gasteiger partial charge < -0.3 is 19.4 Å². The molecule has 0 saturated heterocycles. The van der Waals surface area contributed by atoms with Crippen molar-refractivity contribution in [1.82, 2.24) is 10.5 Å². The lowest BCUT2D eigenvalue weighted by Gasteiger charge is -1.99. The van der Waals surface area contributed by atoms with Crippen LogP contribution in [0, 0.1) is 0 Å². The molecule has 2 heterocycles. The summed E-state index contributed by atoms with van der Waals surface area (Å²) in [6.07, 6.45) is 2.09. The third-order valence-corrected chi connectivity index (χ3v) is 2.19. The fourth-order valence-corrected chi connectivity index (χ4v) is 1.33. The lowest BCUT2D eigenvalue weighted by atomic mass is 10.3. The van der Waals surface area contributed by atoms with E-state index in [1.54, 1.807) is 18.4 Å². The van der Waals surface area contributed by atoms with Gasteiger partial charge in [0.15, 0.2) is 5.69 Å². The smallest absolute Gasteiger partial charge is 0.374 e. The van der Waals surface area contributed by atoms with Crippen molar-refractivity contribution in [1.29, 1.82) is 0 Å². The summed E-state index contributed by atoms with van der Waals surface area (Å²) in [7, 11) is 0. The molecular weight excluding hydrogens is 240 g/mol. The Kier molecular flexibility index (Phi) is 3.42. The quantitative estimate of drug-likeness (QED) is 0.817. The molecule has 0 bridgehead atoms. The Morgan fingerprint density at radius 1 is 1.44 bits per heavy atom. The number of hydrogen-bond donors (Lipinski definition) is 2. The molecule has 0 aliphatic rings. The summed E-state index contributed by atoms with van der Waals surface area (Å²) < 4.78 is 9.56. The summed E-state index contributed by atoms with van der Waals surface area (Å²) in [4.78, 5) is 22.1. The number of furan rings is 1. The van der Waals surface area contributed by atoms with Crippen LogP contribution in [0.2, 0.25) is 0 Å². The second-order valence-corrected chi connectivity index (χ2v) is 3.47. The number of nitrogens with zero attached hydrogens (tertiary/aromatic N) is 1. The van der Waals surface area contributed by atoms with Gasteiger partial charge in [0, 0.05) is 19.0 Å². The van der Waals surface area contributed by atoms with E-state index in [1.807, 2.05) is 0 Å². The van der Waals surface area contributed by atoms with Crippen LogP contribution in [0.25, 0.3) is 0 Å². The number of carboxylic acid groups (broad SMARTS) is 1. The Bertz CT molecular complexity index is 544. The minimum Gasteiger partial charge on any atom is -0.475 e. The lowest BCUT2D eigenvalue weighted by Crippen LogP contribution is -2.25. The van der Waals surface area contributed by atoms with Crippen LogP contribution in [0.1, 0.15) is 26.8 Å². The van der Waals surface area contributed by atoms with Gasteiger partial charge >= 0.3 is 5.97 Å². The molecule has 0 saturated carbocycles. The number of nitrogens with one attached hydrogen (secondary N) is 1. The van der Waals surface area contributed by atoms with E-state index in [2.05, 4.69) is 15.0 Å². The number of carboxylic acids is 1. The van der Waals surface area contributed by atoms with Crippen molar-refractivity contribution < 1.29 is 23.6 Å². The molecule has 0 spiro atoms. The maximum atomic E-state index is 11.6. The molecule has 0 radical (unpaired) electrons. The van der Waals surface area contributed by atoms with Gasteiger partial charge in [0.2, 0.25) is 5.76 Å². The number of aromatic nitrogens is 1. The first-order valence-electron chi connectivity index (χ1n) is 5.17. The largest absolute Gasteiger partial charge is 0.475 e. The van der Waals surface area contributed by atoms with Crippen molar-refractivity contribution in [2.75, 3.05) is 6.54 Å². The van der Waals surface area contributed by atoms with Crippen LogP contribution >= 0.6 is 0 Å². The Hall–Kier alpha value is -2.57. The van der Waals surface area contributed by atoms with E-state index in [0.29, 0.717) is 13.0 Å². The van der Waals surface area contributed by atoms with Gasteiger partial charge in [-0.2, -0.15) is 0 Å². The van der Waals surface area contributed by atoms with Crippen molar-refractivity contribution in [3.05, 3.63) is 41.7 Å². The predicted octanol–water partition coefficient (Wildman–Crippen LogP) is 0.938. The number of rotatable bonds is 5. The molecule has 7 heteroatoms. The van der Waals surface area contributed by atoms with Crippen molar-refractivity contribution in [3.8, 4) is 0 Å². The number of amides is 1. The molecular formula is C11H10N2O5. The molecule has 0 unspecified atom stereocenters. The van der Waals surface area contributed by atoms with Crippen LogP contribution in [0.4, 0.5) is 0 Å². The molecule has 1 amide bonds. The van der Waals surface area contributed by atoms with Crippen LogP contribution in [0.3, 0.4) is 0 Å². The van der Waals surface area contributed by atoms with Crippen LogP contribution in [-0.2, 0) is 6.42 Å². The van der Waals surface area contributed by atoms with Gasteiger partial charge in [0.1, 0.15) is 5.76 Å². The van der Waals surface area contributed by atoms with Gasteiger partial charge in [-0.3, -0.25) is 4.79 Å². The molecule has 0 aliphatic heterocycles. The zero-order valence-electron chi connectivity index (χ0n) is 9.25. The monoisotopic (exact) mass is 250 g/mol. The molecule has 0 atom stereocenters. The van der Waals surface area contributed by atoms with E-state index < -0.39 is 11.9 Å². The first-order valence-corrected chi connectivity index (χ1v) is 5.17. The van der Waals surface area contributed by atoms with Crippen LogP contribution < -0.4 is 5.32 Å². The van der Waals surface area contributed by atoms with Gasteiger partial charge in [-0.1, -0.05) is 5.16 Å². The fraction of sp³-hybridized carbons (Fsp3) is 0.182. The highest BCUT2D eigenvalue weighted by Gasteiger charge is 2.16. The zero-order valence-corrected chi connectivity index (χ0v) is 9.25. The van der Waals surface area contributed by atoms with Gasteiger partial charge in [-0.15, -0.1) is 0 Å². The number of carbonyl (C=O) groups is 2. The van der Waals surface area contributed by atoms with E-state index in [4.69, 9.17) is 9.52 Å². The van der Waals surface area contributed by atoms with Crippen LogP contribution in [0.5, 0.6) is 0 Å². The van der Waals surface area contributed by atoms with Crippen molar-refractivity contribution in [2.24, 2.45) is 0 Å². The molecule has 2 aromatic heterocycles. The summed E-state index contributed by atoms with van der Waals surface area (Å²) in [5.74, 6) is -1.37. The van der Waals surface area contributed by atoms with Crippen molar-refractivity contribution in [2.45, 2.75) is 6.42 Å². The molecule has 18 heavy (non-hydrogen) atoms. The lowest BCUT2D eigenvalue weighted by molar-refractivity contribution is 0.0651. The molecule has 2 rings (SSSR count). The number of hydrogen-bond acceptors (Lipinski definition) is 5. The van der Waals surface area contributed by atoms with E-state index >= 15 is 0 Å². The normalized spacial score (nSPS) is 10.2. The highest BCUT2D eigenvalue weighted by atomic mass is 16.5. The fourth-order valence-electron chi connectivity index (χ4n) is 1.33. The number of aromatic carboxylic acids is 1. The van der Waals surface area contributed by atoms with Gasteiger partial charge in [0.25, 0.3) is 5.91 Å². The summed E-state index contributed by atoms with van der Waals surface area (Å²) in [5.41, 5.74) is -0.0631. The van der Waals surface area contributed by atoms with Gasteiger partial charge in [-0.05, 0) is 12.1 Å². The second kappa shape index (κ2) is 5.17. The highest BCUT2D eigenvalue weighted by molar-refractivity contribution is 5.94. The standard InChI is InChI=1S/C11H10N2O5/c14-10(8-6-9(11(15)16)18-13-8)12-4-3-7-2-1-5-17-7/h1-2,5-6H,3-4H2,(H,12,14)(H,15,16). The average Bonchev–Trinajstić information content (AvgIpc) is 2.99. The SMILES string of the molecule is O=C(NCCc1ccco1)c1cc(C(=O)O)on1. The maximum Gasteiger partial charge on any atom is 0.374 e. The summed E-state index contributed by atoms with van der Waals surface area (Å²) >= 11 is 0. The van der Waals surface area contributed by atoms with Crippen molar-refractivity contribution in [3.63, 3.8) is 0 Å².